The molecule has 1 N–H and O–H groups in total. The van der Waals surface area contributed by atoms with Gasteiger partial charge in [-0.05, 0) is 25.0 Å². The lowest BCUT2D eigenvalue weighted by Crippen LogP contribution is -2.42. The van der Waals surface area contributed by atoms with E-state index in [4.69, 9.17) is 4.74 Å². The third-order valence-electron chi connectivity index (χ3n) is 3.76. The van der Waals surface area contributed by atoms with E-state index in [-0.39, 0.29) is 30.9 Å². The Morgan fingerprint density at radius 3 is 2.76 bits per heavy atom. The van der Waals surface area contributed by atoms with Gasteiger partial charge in [0.15, 0.2) is 6.61 Å². The lowest BCUT2D eigenvalue weighted by atomic mass is 10.1. The summed E-state index contributed by atoms with van der Waals surface area (Å²) in [5.41, 5.74) is 0.735. The van der Waals surface area contributed by atoms with Crippen molar-refractivity contribution in [2.45, 2.75) is 33.2 Å². The maximum Gasteiger partial charge on any atom is 0.265 e. The summed E-state index contributed by atoms with van der Waals surface area (Å²) in [4.78, 5) is 25.5. The van der Waals surface area contributed by atoms with Crippen molar-refractivity contribution in [3.05, 3.63) is 24.3 Å². The van der Waals surface area contributed by atoms with Crippen molar-refractivity contribution >= 4 is 17.5 Å². The molecule has 2 rings (SSSR count). The number of rotatable bonds is 5. The lowest BCUT2D eigenvalue weighted by molar-refractivity contribution is -0.122. The highest BCUT2D eigenvalue weighted by Crippen LogP contribution is 2.31. The summed E-state index contributed by atoms with van der Waals surface area (Å²) >= 11 is 0. The number of benzene rings is 1. The molecule has 2 amide bonds. The molecular formula is C16H22N2O3. The van der Waals surface area contributed by atoms with Gasteiger partial charge in [-0.2, -0.15) is 0 Å². The van der Waals surface area contributed by atoms with E-state index >= 15 is 0 Å². The van der Waals surface area contributed by atoms with Crippen LogP contribution in [-0.4, -0.2) is 31.0 Å². The second kappa shape index (κ2) is 6.61. The van der Waals surface area contributed by atoms with E-state index < -0.39 is 0 Å². The molecule has 1 aliphatic rings. The second-order valence-electron chi connectivity index (χ2n) is 5.65. The van der Waals surface area contributed by atoms with Gasteiger partial charge in [0.05, 0.1) is 5.69 Å². The average Bonchev–Trinajstić information content (AvgIpc) is 2.46. The predicted molar refractivity (Wildman–Crippen MR) is 81.3 cm³/mol. The zero-order chi connectivity index (χ0) is 15.4. The normalized spacial score (nSPS) is 15.4. The fourth-order valence-electron chi connectivity index (χ4n) is 2.11. The molecule has 1 atom stereocenters. The average molecular weight is 290 g/mol. The van der Waals surface area contributed by atoms with E-state index in [1.807, 2.05) is 31.2 Å². The van der Waals surface area contributed by atoms with Crippen LogP contribution in [0.15, 0.2) is 24.3 Å². The maximum absolute atomic E-state index is 12.0. The monoisotopic (exact) mass is 290 g/mol. The van der Waals surface area contributed by atoms with Gasteiger partial charge in [-0.25, -0.2) is 0 Å². The third-order valence-corrected chi connectivity index (χ3v) is 3.76. The summed E-state index contributed by atoms with van der Waals surface area (Å²) < 4.78 is 5.38. The molecule has 0 fully saturated rings. The zero-order valence-corrected chi connectivity index (χ0v) is 12.8. The molecule has 0 aliphatic carbocycles. The van der Waals surface area contributed by atoms with Gasteiger partial charge in [0, 0.05) is 19.0 Å². The Balaban J connectivity index is 1.97. The van der Waals surface area contributed by atoms with Crippen molar-refractivity contribution in [1.29, 1.82) is 0 Å². The molecule has 1 unspecified atom stereocenters. The number of anilines is 1. The number of nitrogens with zero attached hydrogens (tertiary/aromatic N) is 1. The highest BCUT2D eigenvalue weighted by molar-refractivity contribution is 5.98. The summed E-state index contributed by atoms with van der Waals surface area (Å²) in [6.07, 6.45) is 0.289. The minimum absolute atomic E-state index is 0.0288. The molecule has 1 aromatic rings. The second-order valence-corrected chi connectivity index (χ2v) is 5.65. The van der Waals surface area contributed by atoms with Gasteiger partial charge in [-0.1, -0.05) is 26.0 Å². The van der Waals surface area contributed by atoms with Gasteiger partial charge in [0.2, 0.25) is 5.91 Å². The van der Waals surface area contributed by atoms with Crippen LogP contribution in [0.5, 0.6) is 5.75 Å². The Hall–Kier alpha value is -2.04. The first-order chi connectivity index (χ1) is 9.99. The van der Waals surface area contributed by atoms with Crippen molar-refractivity contribution in [3.8, 4) is 5.75 Å². The number of fused-ring (bicyclic) bond motifs is 1. The van der Waals surface area contributed by atoms with E-state index in [0.29, 0.717) is 18.2 Å². The predicted octanol–water partition coefficient (Wildman–Crippen LogP) is 1.96. The van der Waals surface area contributed by atoms with Crippen molar-refractivity contribution in [3.63, 3.8) is 0 Å². The molecule has 0 spiro atoms. The van der Waals surface area contributed by atoms with Crippen LogP contribution in [-0.2, 0) is 9.59 Å². The van der Waals surface area contributed by atoms with E-state index in [1.54, 1.807) is 4.90 Å². The van der Waals surface area contributed by atoms with Crippen LogP contribution in [0.2, 0.25) is 0 Å². The van der Waals surface area contributed by atoms with Crippen LogP contribution in [0.1, 0.15) is 27.2 Å². The van der Waals surface area contributed by atoms with Crippen LogP contribution in [0, 0.1) is 5.92 Å². The van der Waals surface area contributed by atoms with Crippen molar-refractivity contribution in [1.82, 2.24) is 5.32 Å². The first-order valence-electron chi connectivity index (χ1n) is 7.30. The SMILES string of the molecule is CC(C)C(C)NC(=O)CCN1C(=O)COc2ccccc21. The third kappa shape index (κ3) is 3.74. The van der Waals surface area contributed by atoms with Gasteiger partial charge in [-0.15, -0.1) is 0 Å². The van der Waals surface area contributed by atoms with Crippen molar-refractivity contribution in [2.75, 3.05) is 18.1 Å². The number of para-hydroxylation sites is 2. The number of carbonyl (C=O) groups is 2. The fourth-order valence-corrected chi connectivity index (χ4v) is 2.11. The number of carbonyl (C=O) groups excluding carboxylic acids is 2. The van der Waals surface area contributed by atoms with Crippen LogP contribution in [0.3, 0.4) is 0 Å². The number of amides is 2. The molecule has 0 radical (unpaired) electrons. The molecule has 5 nitrogen and oxygen atoms in total. The number of hydrogen-bond acceptors (Lipinski definition) is 3. The van der Waals surface area contributed by atoms with Crippen molar-refractivity contribution < 1.29 is 14.3 Å². The molecule has 114 valence electrons. The summed E-state index contributed by atoms with van der Waals surface area (Å²) in [7, 11) is 0. The van der Waals surface area contributed by atoms with Gasteiger partial charge in [0.25, 0.3) is 5.91 Å². The van der Waals surface area contributed by atoms with E-state index in [0.717, 1.165) is 5.69 Å². The fraction of sp³-hybridized carbons (Fsp3) is 0.500. The molecule has 1 heterocycles. The van der Waals surface area contributed by atoms with Gasteiger partial charge >= 0.3 is 0 Å². The molecule has 1 aromatic carbocycles. The Labute approximate surface area is 125 Å². The van der Waals surface area contributed by atoms with Crippen LogP contribution in [0.25, 0.3) is 0 Å². The Morgan fingerprint density at radius 1 is 1.33 bits per heavy atom. The topological polar surface area (TPSA) is 58.6 Å². The molecule has 0 saturated carbocycles. The summed E-state index contributed by atoms with van der Waals surface area (Å²) in [5.74, 6) is 0.930. The van der Waals surface area contributed by atoms with Crippen LogP contribution in [0.4, 0.5) is 5.69 Å². The molecule has 0 aromatic heterocycles. The lowest BCUT2D eigenvalue weighted by Gasteiger charge is -2.29. The zero-order valence-electron chi connectivity index (χ0n) is 12.8. The van der Waals surface area contributed by atoms with Gasteiger partial charge < -0.3 is 15.0 Å². The van der Waals surface area contributed by atoms with Crippen molar-refractivity contribution in [2.24, 2.45) is 5.92 Å². The molecule has 0 saturated heterocycles. The molecule has 0 bridgehead atoms. The molecule has 21 heavy (non-hydrogen) atoms. The standard InChI is InChI=1S/C16H22N2O3/c1-11(2)12(3)17-15(19)8-9-18-13-6-4-5-7-14(13)21-10-16(18)20/h4-7,11-12H,8-10H2,1-3H3,(H,17,19). The highest BCUT2D eigenvalue weighted by Gasteiger charge is 2.25. The number of ether oxygens (including phenoxy) is 1. The van der Waals surface area contributed by atoms with E-state index in [2.05, 4.69) is 19.2 Å². The van der Waals surface area contributed by atoms with Crippen LogP contribution >= 0.6 is 0 Å². The first kappa shape index (κ1) is 15.4. The van der Waals surface area contributed by atoms with Gasteiger partial charge in [-0.3, -0.25) is 9.59 Å². The summed E-state index contributed by atoms with van der Waals surface area (Å²) in [6, 6.07) is 7.51. The quantitative estimate of drug-likeness (QED) is 0.902. The minimum atomic E-state index is -0.113. The van der Waals surface area contributed by atoms with E-state index in [9.17, 15) is 9.59 Å². The van der Waals surface area contributed by atoms with Crippen LogP contribution < -0.4 is 15.0 Å². The molecular weight excluding hydrogens is 268 g/mol. The Morgan fingerprint density at radius 2 is 2.05 bits per heavy atom. The molecule has 5 heteroatoms. The largest absolute Gasteiger partial charge is 0.482 e. The molecule has 1 aliphatic heterocycles. The Kier molecular flexibility index (Phi) is 4.83. The highest BCUT2D eigenvalue weighted by atomic mass is 16.5. The number of hydrogen-bond donors (Lipinski definition) is 1. The minimum Gasteiger partial charge on any atom is -0.482 e. The number of nitrogens with one attached hydrogen (secondary N) is 1. The summed E-state index contributed by atoms with van der Waals surface area (Å²) in [6.45, 7) is 6.51. The van der Waals surface area contributed by atoms with Gasteiger partial charge in [0.1, 0.15) is 5.75 Å². The maximum atomic E-state index is 12.0. The first-order valence-corrected chi connectivity index (χ1v) is 7.30. The Bertz CT molecular complexity index is 528. The van der Waals surface area contributed by atoms with E-state index in [1.165, 1.54) is 0 Å². The smallest absolute Gasteiger partial charge is 0.265 e. The summed E-state index contributed by atoms with van der Waals surface area (Å²) in [5, 5.41) is 2.95.